The Morgan fingerprint density at radius 3 is 2.72 bits per heavy atom. The topological polar surface area (TPSA) is 42.2 Å². The molecule has 1 aromatic heterocycles. The van der Waals surface area contributed by atoms with Crippen molar-refractivity contribution in [2.24, 2.45) is 5.92 Å². The molecule has 0 amide bonds. The zero-order valence-corrected chi connectivity index (χ0v) is 11.1. The first kappa shape index (κ1) is 12.7. The Labute approximate surface area is 107 Å². The Balaban J connectivity index is 2.47. The second-order valence-electron chi connectivity index (χ2n) is 4.89. The molecule has 0 aliphatic heterocycles. The van der Waals surface area contributed by atoms with Crippen molar-refractivity contribution in [3.05, 3.63) is 35.5 Å². The van der Waals surface area contributed by atoms with Crippen LogP contribution in [-0.2, 0) is 17.8 Å². The number of carboxylic acid groups (broad SMARTS) is 1. The first-order valence-corrected chi connectivity index (χ1v) is 6.34. The Bertz CT molecular complexity index is 583. The number of hydrogen-bond acceptors (Lipinski definition) is 1. The van der Waals surface area contributed by atoms with Crippen LogP contribution in [0, 0.1) is 12.8 Å². The average molecular weight is 245 g/mol. The van der Waals surface area contributed by atoms with Crippen LogP contribution in [0.15, 0.2) is 24.3 Å². The molecule has 0 aliphatic rings. The molecule has 3 heteroatoms. The number of aromatic nitrogens is 1. The van der Waals surface area contributed by atoms with Crippen molar-refractivity contribution in [1.82, 2.24) is 4.57 Å². The van der Waals surface area contributed by atoms with Crippen LogP contribution >= 0.6 is 0 Å². The molecular weight excluding hydrogens is 226 g/mol. The Morgan fingerprint density at radius 1 is 1.39 bits per heavy atom. The summed E-state index contributed by atoms with van der Waals surface area (Å²) >= 11 is 0. The summed E-state index contributed by atoms with van der Waals surface area (Å²) in [4.78, 5) is 11.0. The van der Waals surface area contributed by atoms with Gasteiger partial charge in [0.05, 0.1) is 5.92 Å². The molecule has 0 saturated heterocycles. The van der Waals surface area contributed by atoms with Gasteiger partial charge in [0.2, 0.25) is 0 Å². The van der Waals surface area contributed by atoms with Crippen LogP contribution in [-0.4, -0.2) is 15.6 Å². The van der Waals surface area contributed by atoms with Crippen molar-refractivity contribution in [3.8, 4) is 0 Å². The Kier molecular flexibility index (Phi) is 3.41. The van der Waals surface area contributed by atoms with Gasteiger partial charge in [0.1, 0.15) is 0 Å². The normalized spacial score (nSPS) is 12.8. The second kappa shape index (κ2) is 4.84. The third-order valence-corrected chi connectivity index (χ3v) is 3.40. The van der Waals surface area contributed by atoms with Crippen LogP contribution < -0.4 is 0 Å². The summed E-state index contributed by atoms with van der Waals surface area (Å²) in [6.07, 6.45) is 0.580. The van der Waals surface area contributed by atoms with Gasteiger partial charge in [-0.1, -0.05) is 18.6 Å². The highest BCUT2D eigenvalue weighted by molar-refractivity contribution is 5.82. The van der Waals surface area contributed by atoms with Gasteiger partial charge in [-0.25, -0.2) is 0 Å². The quantitative estimate of drug-likeness (QED) is 0.898. The van der Waals surface area contributed by atoms with Gasteiger partial charge in [-0.2, -0.15) is 0 Å². The van der Waals surface area contributed by atoms with Gasteiger partial charge in [-0.05, 0) is 32.0 Å². The minimum Gasteiger partial charge on any atom is -0.481 e. The molecule has 0 radical (unpaired) electrons. The number of carboxylic acids is 1. The molecule has 0 bridgehead atoms. The number of aryl methyl sites for hydroxylation is 2. The van der Waals surface area contributed by atoms with Gasteiger partial charge in [0, 0.05) is 29.6 Å². The van der Waals surface area contributed by atoms with E-state index >= 15 is 0 Å². The van der Waals surface area contributed by atoms with Gasteiger partial charge in [0.15, 0.2) is 0 Å². The fourth-order valence-corrected chi connectivity index (χ4v) is 2.39. The van der Waals surface area contributed by atoms with E-state index in [9.17, 15) is 4.79 Å². The van der Waals surface area contributed by atoms with Crippen molar-refractivity contribution < 1.29 is 9.90 Å². The fourth-order valence-electron chi connectivity index (χ4n) is 2.39. The maximum atomic E-state index is 11.0. The first-order chi connectivity index (χ1) is 8.52. The van der Waals surface area contributed by atoms with E-state index in [1.807, 2.05) is 0 Å². The molecule has 3 nitrogen and oxygen atoms in total. The molecule has 2 rings (SSSR count). The van der Waals surface area contributed by atoms with Gasteiger partial charge in [0.25, 0.3) is 0 Å². The highest BCUT2D eigenvalue weighted by Gasteiger charge is 2.15. The number of benzene rings is 1. The summed E-state index contributed by atoms with van der Waals surface area (Å²) in [5, 5.41) is 10.2. The zero-order valence-electron chi connectivity index (χ0n) is 11.1. The van der Waals surface area contributed by atoms with Crippen LogP contribution in [0.4, 0.5) is 0 Å². The number of rotatable bonds is 4. The van der Waals surface area contributed by atoms with Crippen LogP contribution in [0.3, 0.4) is 0 Å². The Morgan fingerprint density at radius 2 is 2.11 bits per heavy atom. The minimum absolute atomic E-state index is 0.347. The van der Waals surface area contributed by atoms with Gasteiger partial charge in [-0.3, -0.25) is 4.79 Å². The lowest BCUT2D eigenvalue weighted by Crippen LogP contribution is -2.14. The molecule has 2 aromatic rings. The molecule has 96 valence electrons. The van der Waals surface area contributed by atoms with Gasteiger partial charge < -0.3 is 9.67 Å². The molecule has 1 aromatic carbocycles. The lowest BCUT2D eigenvalue weighted by molar-refractivity contribution is -0.141. The van der Waals surface area contributed by atoms with Crippen LogP contribution in [0.5, 0.6) is 0 Å². The third kappa shape index (κ3) is 2.26. The van der Waals surface area contributed by atoms with Crippen molar-refractivity contribution in [2.45, 2.75) is 33.7 Å². The molecular formula is C15H19NO2. The number of nitrogens with zero attached hydrogens (tertiary/aromatic N) is 1. The number of fused-ring (bicyclic) bond motifs is 1. The standard InChI is InChI=1S/C15H19NO2/c1-4-16-13(8-11(3)15(17)18)9-12-7-10(2)5-6-14(12)16/h5-7,9,11H,4,8H2,1-3H3,(H,17,18). The summed E-state index contributed by atoms with van der Waals surface area (Å²) in [6, 6.07) is 8.48. The van der Waals surface area contributed by atoms with Gasteiger partial charge in [-0.15, -0.1) is 0 Å². The predicted octanol–water partition coefficient (Wildman–Crippen LogP) is 3.23. The Hall–Kier alpha value is -1.77. The highest BCUT2D eigenvalue weighted by atomic mass is 16.4. The maximum Gasteiger partial charge on any atom is 0.306 e. The molecule has 0 spiro atoms. The monoisotopic (exact) mass is 245 g/mol. The van der Waals surface area contributed by atoms with Crippen molar-refractivity contribution in [2.75, 3.05) is 0 Å². The highest BCUT2D eigenvalue weighted by Crippen LogP contribution is 2.23. The van der Waals surface area contributed by atoms with E-state index in [4.69, 9.17) is 5.11 Å². The SMILES string of the molecule is CCn1c(CC(C)C(=O)O)cc2cc(C)ccc21. The lowest BCUT2D eigenvalue weighted by Gasteiger charge is -2.10. The van der Waals surface area contributed by atoms with E-state index in [1.165, 1.54) is 16.5 Å². The number of hydrogen-bond donors (Lipinski definition) is 1. The summed E-state index contributed by atoms with van der Waals surface area (Å²) in [6.45, 7) is 6.79. The van der Waals surface area contributed by atoms with E-state index in [0.717, 1.165) is 12.2 Å². The molecule has 1 unspecified atom stereocenters. The lowest BCUT2D eigenvalue weighted by atomic mass is 10.1. The second-order valence-corrected chi connectivity index (χ2v) is 4.89. The summed E-state index contributed by atoms with van der Waals surface area (Å²) < 4.78 is 2.20. The predicted molar refractivity (Wildman–Crippen MR) is 72.9 cm³/mol. The maximum absolute atomic E-state index is 11.0. The van der Waals surface area contributed by atoms with Gasteiger partial charge >= 0.3 is 5.97 Å². The molecule has 1 atom stereocenters. The average Bonchev–Trinajstić information content (AvgIpc) is 2.64. The van der Waals surface area contributed by atoms with E-state index in [2.05, 4.69) is 42.7 Å². The third-order valence-electron chi connectivity index (χ3n) is 3.40. The molecule has 0 aliphatic carbocycles. The van der Waals surface area contributed by atoms with Crippen LogP contribution in [0.1, 0.15) is 25.1 Å². The summed E-state index contributed by atoms with van der Waals surface area (Å²) in [5.74, 6) is -1.08. The molecule has 18 heavy (non-hydrogen) atoms. The van der Waals surface area contributed by atoms with Crippen molar-refractivity contribution in [1.29, 1.82) is 0 Å². The zero-order chi connectivity index (χ0) is 13.3. The molecule has 1 N–H and O–H groups in total. The molecule has 0 saturated carbocycles. The van der Waals surface area contributed by atoms with E-state index in [-0.39, 0.29) is 5.92 Å². The fraction of sp³-hybridized carbons (Fsp3) is 0.400. The summed E-state index contributed by atoms with van der Waals surface area (Å²) in [7, 11) is 0. The van der Waals surface area contributed by atoms with E-state index < -0.39 is 5.97 Å². The molecule has 1 heterocycles. The largest absolute Gasteiger partial charge is 0.481 e. The molecule has 0 fully saturated rings. The first-order valence-electron chi connectivity index (χ1n) is 6.34. The van der Waals surface area contributed by atoms with E-state index in [1.54, 1.807) is 6.92 Å². The van der Waals surface area contributed by atoms with E-state index in [0.29, 0.717) is 6.42 Å². The number of carbonyl (C=O) groups is 1. The summed E-state index contributed by atoms with van der Waals surface area (Å²) in [5.41, 5.74) is 3.53. The minimum atomic E-state index is -0.737. The van der Waals surface area contributed by atoms with Crippen molar-refractivity contribution >= 4 is 16.9 Å². The number of aliphatic carboxylic acids is 1. The smallest absolute Gasteiger partial charge is 0.306 e. The van der Waals surface area contributed by atoms with Crippen LogP contribution in [0.25, 0.3) is 10.9 Å². The van der Waals surface area contributed by atoms with Crippen LogP contribution in [0.2, 0.25) is 0 Å². The van der Waals surface area contributed by atoms with Crippen molar-refractivity contribution in [3.63, 3.8) is 0 Å².